The van der Waals surface area contributed by atoms with Crippen molar-refractivity contribution in [1.29, 1.82) is 0 Å². The van der Waals surface area contributed by atoms with Gasteiger partial charge in [-0.2, -0.15) is 0 Å². The summed E-state index contributed by atoms with van der Waals surface area (Å²) < 4.78 is 6.27. The predicted molar refractivity (Wildman–Crippen MR) is 107 cm³/mol. The number of rotatable bonds is 6. The summed E-state index contributed by atoms with van der Waals surface area (Å²) in [5.41, 5.74) is 3.32. The highest BCUT2D eigenvalue weighted by Crippen LogP contribution is 2.32. The van der Waals surface area contributed by atoms with Crippen LogP contribution in [0.1, 0.15) is 30.0 Å². The number of aliphatic hydroxyl groups excluding tert-OH is 1. The van der Waals surface area contributed by atoms with Crippen molar-refractivity contribution >= 4 is 0 Å². The Morgan fingerprint density at radius 2 is 2.00 bits per heavy atom. The highest BCUT2D eigenvalue weighted by atomic mass is 16.5. The Kier molecular flexibility index (Phi) is 5.41. The normalized spacial score (nSPS) is 18.4. The Morgan fingerprint density at radius 1 is 1.18 bits per heavy atom. The van der Waals surface area contributed by atoms with E-state index < -0.39 is 11.9 Å². The molecular formula is C22H25N3O3. The molecule has 1 aliphatic rings. The SMILES string of the molecule is Cc1cccc(C2CCCN2CC(O)Cn2c(-c3ccccc3)noc2=O)c1. The zero-order chi connectivity index (χ0) is 19.5. The summed E-state index contributed by atoms with van der Waals surface area (Å²) in [6.07, 6.45) is 1.50. The molecule has 1 N–H and O–H groups in total. The Bertz CT molecular complexity index is 980. The first-order valence-corrected chi connectivity index (χ1v) is 9.72. The van der Waals surface area contributed by atoms with Gasteiger partial charge in [-0.05, 0) is 31.9 Å². The van der Waals surface area contributed by atoms with Gasteiger partial charge in [-0.3, -0.25) is 14.0 Å². The lowest BCUT2D eigenvalue weighted by molar-refractivity contribution is 0.0906. The highest BCUT2D eigenvalue weighted by molar-refractivity contribution is 5.54. The lowest BCUT2D eigenvalue weighted by Crippen LogP contribution is -2.36. The molecule has 1 aliphatic heterocycles. The maximum atomic E-state index is 12.1. The van der Waals surface area contributed by atoms with Gasteiger partial charge in [0.05, 0.1) is 12.6 Å². The first-order valence-electron chi connectivity index (χ1n) is 9.72. The van der Waals surface area contributed by atoms with Crippen LogP contribution in [0.5, 0.6) is 0 Å². The third kappa shape index (κ3) is 3.93. The lowest BCUT2D eigenvalue weighted by Gasteiger charge is -2.27. The second kappa shape index (κ2) is 8.12. The quantitative estimate of drug-likeness (QED) is 0.713. The van der Waals surface area contributed by atoms with Crippen molar-refractivity contribution < 1.29 is 9.63 Å². The van der Waals surface area contributed by atoms with E-state index in [1.807, 2.05) is 30.3 Å². The zero-order valence-electron chi connectivity index (χ0n) is 16.0. The topological polar surface area (TPSA) is 71.5 Å². The molecule has 1 saturated heterocycles. The summed E-state index contributed by atoms with van der Waals surface area (Å²) in [7, 11) is 0. The smallest absolute Gasteiger partial charge is 0.390 e. The molecule has 0 radical (unpaired) electrons. The van der Waals surface area contributed by atoms with Crippen LogP contribution < -0.4 is 5.76 Å². The van der Waals surface area contributed by atoms with Crippen LogP contribution in [0.3, 0.4) is 0 Å². The van der Waals surface area contributed by atoms with E-state index in [4.69, 9.17) is 4.52 Å². The van der Waals surface area contributed by atoms with Crippen molar-refractivity contribution in [2.45, 2.75) is 38.5 Å². The molecule has 2 heterocycles. The third-order valence-electron chi connectivity index (χ3n) is 5.35. The molecular weight excluding hydrogens is 354 g/mol. The minimum atomic E-state index is -0.690. The Hall–Kier alpha value is -2.70. The number of likely N-dealkylation sites (tertiary alicyclic amines) is 1. The van der Waals surface area contributed by atoms with E-state index in [9.17, 15) is 9.90 Å². The molecule has 1 fully saturated rings. The molecule has 0 spiro atoms. The summed E-state index contributed by atoms with van der Waals surface area (Å²) in [6, 6.07) is 18.3. The van der Waals surface area contributed by atoms with Crippen molar-refractivity contribution in [3.05, 3.63) is 76.3 Å². The molecule has 6 heteroatoms. The van der Waals surface area contributed by atoms with Crippen LogP contribution in [0, 0.1) is 6.92 Å². The van der Waals surface area contributed by atoms with Crippen molar-refractivity contribution in [2.75, 3.05) is 13.1 Å². The minimum absolute atomic E-state index is 0.156. The van der Waals surface area contributed by atoms with Gasteiger partial charge in [-0.1, -0.05) is 65.3 Å². The molecule has 146 valence electrons. The molecule has 4 rings (SSSR count). The number of β-amino-alcohol motifs (C(OH)–C–C–N with tert-alkyl or cyclic N) is 1. The van der Waals surface area contributed by atoms with E-state index in [1.54, 1.807) is 0 Å². The third-order valence-corrected chi connectivity index (χ3v) is 5.35. The predicted octanol–water partition coefficient (Wildman–Crippen LogP) is 3.01. The molecule has 2 atom stereocenters. The highest BCUT2D eigenvalue weighted by Gasteiger charge is 2.28. The lowest BCUT2D eigenvalue weighted by atomic mass is 10.0. The van der Waals surface area contributed by atoms with Crippen molar-refractivity contribution in [3.8, 4) is 11.4 Å². The molecule has 0 bridgehead atoms. The van der Waals surface area contributed by atoms with Gasteiger partial charge in [-0.25, -0.2) is 4.79 Å². The van der Waals surface area contributed by atoms with Gasteiger partial charge in [0.1, 0.15) is 0 Å². The van der Waals surface area contributed by atoms with Crippen LogP contribution in [-0.2, 0) is 6.54 Å². The maximum absolute atomic E-state index is 12.1. The second-order valence-electron chi connectivity index (χ2n) is 7.47. The largest absolute Gasteiger partial charge is 0.441 e. The molecule has 6 nitrogen and oxygen atoms in total. The van der Waals surface area contributed by atoms with E-state index in [2.05, 4.69) is 41.2 Å². The fourth-order valence-corrected chi connectivity index (χ4v) is 4.06. The second-order valence-corrected chi connectivity index (χ2v) is 7.47. The fraction of sp³-hybridized carbons (Fsp3) is 0.364. The Labute approximate surface area is 164 Å². The number of aliphatic hydroxyl groups is 1. The van der Waals surface area contributed by atoms with Gasteiger partial charge in [0.25, 0.3) is 0 Å². The number of hydrogen-bond acceptors (Lipinski definition) is 5. The first kappa shape index (κ1) is 18.7. The minimum Gasteiger partial charge on any atom is -0.390 e. The average molecular weight is 379 g/mol. The van der Waals surface area contributed by atoms with Crippen LogP contribution in [0.4, 0.5) is 0 Å². The van der Waals surface area contributed by atoms with E-state index >= 15 is 0 Å². The molecule has 0 saturated carbocycles. The molecule has 1 aromatic heterocycles. The monoisotopic (exact) mass is 379 g/mol. The van der Waals surface area contributed by atoms with Gasteiger partial charge in [0, 0.05) is 18.2 Å². The zero-order valence-corrected chi connectivity index (χ0v) is 16.0. The summed E-state index contributed by atoms with van der Waals surface area (Å²) in [4.78, 5) is 14.4. The van der Waals surface area contributed by atoms with Crippen LogP contribution in [-0.4, -0.2) is 38.9 Å². The van der Waals surface area contributed by atoms with Gasteiger partial charge >= 0.3 is 5.76 Å². The Balaban J connectivity index is 1.49. The summed E-state index contributed by atoms with van der Waals surface area (Å²) >= 11 is 0. The summed E-state index contributed by atoms with van der Waals surface area (Å²) in [5, 5.41) is 14.6. The van der Waals surface area contributed by atoms with Gasteiger partial charge < -0.3 is 5.11 Å². The van der Waals surface area contributed by atoms with Gasteiger partial charge in [-0.15, -0.1) is 0 Å². The molecule has 2 unspecified atom stereocenters. The number of aryl methyl sites for hydroxylation is 1. The van der Waals surface area contributed by atoms with E-state index in [0.29, 0.717) is 18.4 Å². The summed E-state index contributed by atoms with van der Waals surface area (Å²) in [6.45, 7) is 3.70. The maximum Gasteiger partial charge on any atom is 0.441 e. The number of hydrogen-bond donors (Lipinski definition) is 1. The van der Waals surface area contributed by atoms with Crippen molar-refractivity contribution in [2.24, 2.45) is 0 Å². The van der Waals surface area contributed by atoms with Crippen LogP contribution >= 0.6 is 0 Å². The van der Waals surface area contributed by atoms with Crippen molar-refractivity contribution in [1.82, 2.24) is 14.6 Å². The van der Waals surface area contributed by atoms with E-state index in [0.717, 1.165) is 24.9 Å². The number of aromatic nitrogens is 2. The standard InChI is InChI=1S/C22H25N3O3/c1-16-7-5-10-18(13-16)20-11-6-12-24(20)14-19(26)15-25-21(23-28-22(25)27)17-8-3-2-4-9-17/h2-5,7-10,13,19-20,26H,6,11-12,14-15H2,1H3. The fourth-order valence-electron chi connectivity index (χ4n) is 4.06. The van der Waals surface area contributed by atoms with Crippen molar-refractivity contribution in [3.63, 3.8) is 0 Å². The van der Waals surface area contributed by atoms with E-state index in [1.165, 1.54) is 15.7 Å². The molecule has 2 aromatic carbocycles. The first-order chi connectivity index (χ1) is 13.6. The summed E-state index contributed by atoms with van der Waals surface area (Å²) in [5.74, 6) is -0.101. The molecule has 28 heavy (non-hydrogen) atoms. The van der Waals surface area contributed by atoms with Crippen LogP contribution in [0.25, 0.3) is 11.4 Å². The average Bonchev–Trinajstić information content (AvgIpc) is 3.30. The molecule has 0 aliphatic carbocycles. The van der Waals surface area contributed by atoms with E-state index in [-0.39, 0.29) is 6.54 Å². The number of nitrogens with zero attached hydrogens (tertiary/aromatic N) is 3. The van der Waals surface area contributed by atoms with Gasteiger partial charge in [0.15, 0.2) is 5.82 Å². The van der Waals surface area contributed by atoms with Crippen LogP contribution in [0.15, 0.2) is 63.9 Å². The van der Waals surface area contributed by atoms with Gasteiger partial charge in [0.2, 0.25) is 0 Å². The molecule has 3 aromatic rings. The molecule has 0 amide bonds. The van der Waals surface area contributed by atoms with Crippen LogP contribution in [0.2, 0.25) is 0 Å². The Morgan fingerprint density at radius 3 is 2.79 bits per heavy atom. The number of benzene rings is 2.